The first-order valence-electron chi connectivity index (χ1n) is 6.12. The van der Waals surface area contributed by atoms with Gasteiger partial charge in [-0.05, 0) is 30.7 Å². The number of alkyl halides is 3. The topological polar surface area (TPSA) is 58.6 Å². The zero-order valence-corrected chi connectivity index (χ0v) is 10.9. The summed E-state index contributed by atoms with van der Waals surface area (Å²) in [4.78, 5) is 10.8. The summed E-state index contributed by atoms with van der Waals surface area (Å²) < 4.78 is 39.8. The highest BCUT2D eigenvalue weighted by Gasteiger charge is 2.31. The summed E-state index contributed by atoms with van der Waals surface area (Å²) in [6.45, 7) is 2.56. The standard InChI is InChI=1S/C13H16F3NO3/c1-2-7-17-11(8-12(18)19)9-3-5-10(6-4-9)20-13(14,15)16/h3-6,11,17H,2,7-8H2,1H3,(H,18,19). The third-order valence-corrected chi connectivity index (χ3v) is 2.54. The molecule has 1 aromatic carbocycles. The number of hydrogen-bond donors (Lipinski definition) is 2. The van der Waals surface area contributed by atoms with E-state index in [9.17, 15) is 18.0 Å². The van der Waals surface area contributed by atoms with Gasteiger partial charge in [-0.1, -0.05) is 19.1 Å². The van der Waals surface area contributed by atoms with E-state index in [-0.39, 0.29) is 12.2 Å². The number of carboxylic acids is 1. The second-order valence-electron chi connectivity index (χ2n) is 4.22. The summed E-state index contributed by atoms with van der Waals surface area (Å²) in [5, 5.41) is 11.9. The maximum atomic E-state index is 12.0. The first-order valence-corrected chi connectivity index (χ1v) is 6.12. The van der Waals surface area contributed by atoms with Gasteiger partial charge in [-0.3, -0.25) is 4.79 Å². The Morgan fingerprint density at radius 3 is 2.40 bits per heavy atom. The van der Waals surface area contributed by atoms with Gasteiger partial charge in [-0.15, -0.1) is 13.2 Å². The smallest absolute Gasteiger partial charge is 0.481 e. The van der Waals surface area contributed by atoms with Crippen LogP contribution in [0.5, 0.6) is 5.75 Å². The molecule has 20 heavy (non-hydrogen) atoms. The van der Waals surface area contributed by atoms with Gasteiger partial charge in [0.15, 0.2) is 0 Å². The summed E-state index contributed by atoms with van der Waals surface area (Å²) in [6.07, 6.45) is -4.05. The second-order valence-corrected chi connectivity index (χ2v) is 4.22. The van der Waals surface area contributed by atoms with E-state index >= 15 is 0 Å². The molecule has 0 aliphatic heterocycles. The minimum atomic E-state index is -4.73. The van der Waals surface area contributed by atoms with Crippen LogP contribution >= 0.6 is 0 Å². The Labute approximate surface area is 114 Å². The van der Waals surface area contributed by atoms with Crippen molar-refractivity contribution in [1.82, 2.24) is 5.32 Å². The maximum absolute atomic E-state index is 12.0. The third-order valence-electron chi connectivity index (χ3n) is 2.54. The number of halogens is 3. The van der Waals surface area contributed by atoms with Crippen molar-refractivity contribution in [3.05, 3.63) is 29.8 Å². The summed E-state index contributed by atoms with van der Waals surface area (Å²) in [5.41, 5.74) is 0.607. The Morgan fingerprint density at radius 1 is 1.35 bits per heavy atom. The van der Waals surface area contributed by atoms with Crippen molar-refractivity contribution in [3.63, 3.8) is 0 Å². The van der Waals surface area contributed by atoms with E-state index in [2.05, 4.69) is 10.1 Å². The van der Waals surface area contributed by atoms with Gasteiger partial charge in [0.05, 0.1) is 6.42 Å². The molecule has 0 saturated carbocycles. The number of aliphatic carboxylic acids is 1. The van der Waals surface area contributed by atoms with Crippen LogP contribution in [0.3, 0.4) is 0 Å². The summed E-state index contributed by atoms with van der Waals surface area (Å²) >= 11 is 0. The van der Waals surface area contributed by atoms with Crippen LogP contribution in [0.15, 0.2) is 24.3 Å². The van der Waals surface area contributed by atoms with Crippen LogP contribution in [0.2, 0.25) is 0 Å². The maximum Gasteiger partial charge on any atom is 0.573 e. The Hall–Kier alpha value is -1.76. The molecular weight excluding hydrogens is 275 g/mol. The first kappa shape index (κ1) is 16.3. The third kappa shape index (κ3) is 5.92. The van der Waals surface area contributed by atoms with Crippen LogP contribution in [-0.2, 0) is 4.79 Å². The van der Waals surface area contributed by atoms with Crippen LogP contribution in [0.1, 0.15) is 31.4 Å². The first-order chi connectivity index (χ1) is 9.31. The highest BCUT2D eigenvalue weighted by atomic mass is 19.4. The number of nitrogens with one attached hydrogen (secondary N) is 1. The molecule has 4 nitrogen and oxygen atoms in total. The van der Waals surface area contributed by atoms with Gasteiger partial charge in [-0.2, -0.15) is 0 Å². The van der Waals surface area contributed by atoms with E-state index < -0.39 is 18.4 Å². The van der Waals surface area contributed by atoms with E-state index in [0.29, 0.717) is 12.1 Å². The fraction of sp³-hybridized carbons (Fsp3) is 0.462. The number of ether oxygens (including phenoxy) is 1. The predicted octanol–water partition coefficient (Wildman–Crippen LogP) is 3.10. The van der Waals surface area contributed by atoms with Gasteiger partial charge in [0.1, 0.15) is 5.75 Å². The number of benzene rings is 1. The molecule has 0 heterocycles. The van der Waals surface area contributed by atoms with Crippen molar-refractivity contribution in [2.75, 3.05) is 6.54 Å². The lowest BCUT2D eigenvalue weighted by Crippen LogP contribution is -2.24. The fourth-order valence-corrected chi connectivity index (χ4v) is 1.70. The van der Waals surface area contributed by atoms with Gasteiger partial charge in [-0.25, -0.2) is 0 Å². The van der Waals surface area contributed by atoms with Crippen LogP contribution in [0.25, 0.3) is 0 Å². The minimum Gasteiger partial charge on any atom is -0.481 e. The molecule has 0 radical (unpaired) electrons. The highest BCUT2D eigenvalue weighted by molar-refractivity contribution is 5.68. The van der Waals surface area contributed by atoms with E-state index in [1.54, 1.807) is 0 Å². The quantitative estimate of drug-likeness (QED) is 0.810. The average molecular weight is 291 g/mol. The Kier molecular flexibility index (Phi) is 5.82. The molecule has 2 N–H and O–H groups in total. The monoisotopic (exact) mass is 291 g/mol. The van der Waals surface area contributed by atoms with Crippen LogP contribution < -0.4 is 10.1 Å². The van der Waals surface area contributed by atoms with Gasteiger partial charge in [0.25, 0.3) is 0 Å². The molecular formula is C13H16F3NO3. The van der Waals surface area contributed by atoms with Crippen molar-refractivity contribution >= 4 is 5.97 Å². The number of carboxylic acid groups (broad SMARTS) is 1. The van der Waals surface area contributed by atoms with Crippen LogP contribution in [-0.4, -0.2) is 24.0 Å². The molecule has 1 aromatic rings. The fourth-order valence-electron chi connectivity index (χ4n) is 1.70. The van der Waals surface area contributed by atoms with Crippen LogP contribution in [0.4, 0.5) is 13.2 Å². The average Bonchev–Trinajstić information content (AvgIpc) is 2.33. The zero-order chi connectivity index (χ0) is 15.2. The van der Waals surface area contributed by atoms with E-state index in [0.717, 1.165) is 6.42 Å². The largest absolute Gasteiger partial charge is 0.573 e. The molecule has 0 spiro atoms. The molecule has 1 atom stereocenters. The number of hydrogen-bond acceptors (Lipinski definition) is 3. The Balaban J connectivity index is 2.78. The van der Waals surface area contributed by atoms with Gasteiger partial charge >= 0.3 is 12.3 Å². The van der Waals surface area contributed by atoms with Gasteiger partial charge < -0.3 is 15.2 Å². The predicted molar refractivity (Wildman–Crippen MR) is 66.4 cm³/mol. The molecule has 1 unspecified atom stereocenters. The zero-order valence-electron chi connectivity index (χ0n) is 10.9. The normalized spacial score (nSPS) is 13.0. The Bertz CT molecular complexity index is 431. The van der Waals surface area contributed by atoms with Crippen molar-refractivity contribution in [1.29, 1.82) is 0 Å². The molecule has 0 amide bonds. The summed E-state index contributed by atoms with van der Waals surface area (Å²) in [5.74, 6) is -1.31. The second kappa shape index (κ2) is 7.14. The number of carbonyl (C=O) groups is 1. The lowest BCUT2D eigenvalue weighted by Gasteiger charge is -2.17. The molecule has 7 heteroatoms. The van der Waals surface area contributed by atoms with Gasteiger partial charge in [0.2, 0.25) is 0 Å². The van der Waals surface area contributed by atoms with E-state index in [4.69, 9.17) is 5.11 Å². The minimum absolute atomic E-state index is 0.139. The molecule has 0 fully saturated rings. The van der Waals surface area contributed by atoms with Crippen molar-refractivity contribution in [2.45, 2.75) is 32.2 Å². The van der Waals surface area contributed by atoms with Crippen molar-refractivity contribution in [2.24, 2.45) is 0 Å². The van der Waals surface area contributed by atoms with E-state index in [1.165, 1.54) is 24.3 Å². The molecule has 0 aromatic heterocycles. The van der Waals surface area contributed by atoms with Crippen molar-refractivity contribution < 1.29 is 27.8 Å². The SMILES string of the molecule is CCCNC(CC(=O)O)c1ccc(OC(F)(F)F)cc1. The molecule has 0 aliphatic carbocycles. The van der Waals surface area contributed by atoms with E-state index in [1.807, 2.05) is 6.92 Å². The summed E-state index contributed by atoms with van der Waals surface area (Å²) in [6, 6.07) is 4.76. The molecule has 0 bridgehead atoms. The molecule has 0 saturated heterocycles. The molecule has 0 aliphatic rings. The molecule has 112 valence electrons. The number of rotatable bonds is 7. The lowest BCUT2D eigenvalue weighted by atomic mass is 10.0. The lowest BCUT2D eigenvalue weighted by molar-refractivity contribution is -0.274. The van der Waals surface area contributed by atoms with Gasteiger partial charge in [0, 0.05) is 6.04 Å². The van der Waals surface area contributed by atoms with Crippen LogP contribution in [0, 0.1) is 0 Å². The van der Waals surface area contributed by atoms with Crippen molar-refractivity contribution in [3.8, 4) is 5.75 Å². The Morgan fingerprint density at radius 2 is 1.95 bits per heavy atom. The molecule has 1 rings (SSSR count). The summed E-state index contributed by atoms with van der Waals surface area (Å²) in [7, 11) is 0. The highest BCUT2D eigenvalue weighted by Crippen LogP contribution is 2.25.